The van der Waals surface area contributed by atoms with Gasteiger partial charge < -0.3 is 10.1 Å². The van der Waals surface area contributed by atoms with Gasteiger partial charge in [0.15, 0.2) is 0 Å². The van der Waals surface area contributed by atoms with Gasteiger partial charge in [-0.2, -0.15) is 13.2 Å². The van der Waals surface area contributed by atoms with Gasteiger partial charge in [0, 0.05) is 24.3 Å². The highest BCUT2D eigenvalue weighted by atomic mass is 32.2. The molecule has 0 heterocycles. The number of para-hydroxylation sites is 1. The Morgan fingerprint density at radius 2 is 1.49 bits per heavy atom. The van der Waals surface area contributed by atoms with Crippen LogP contribution in [0.3, 0.4) is 0 Å². The number of amides is 2. The third kappa shape index (κ3) is 7.76. The fraction of sp³-hybridized carbons (Fsp3) is 0.250. The van der Waals surface area contributed by atoms with Crippen LogP contribution in [0.2, 0.25) is 0 Å². The van der Waals surface area contributed by atoms with E-state index in [9.17, 15) is 36.0 Å². The van der Waals surface area contributed by atoms with Crippen molar-refractivity contribution in [1.82, 2.24) is 4.72 Å². The number of hydrogen-bond donors (Lipinski definition) is 2. The summed E-state index contributed by atoms with van der Waals surface area (Å²) in [7, 11) is -4.35. The van der Waals surface area contributed by atoms with Gasteiger partial charge in [-0.15, -0.1) is 0 Å². The molecule has 3 aromatic carbocycles. The lowest BCUT2D eigenvalue weighted by Gasteiger charge is -2.18. The molecule has 0 aliphatic rings. The number of ketones is 1. The molecule has 0 radical (unpaired) electrons. The molecule has 2 amide bonds. The predicted octanol–water partition coefficient (Wildman–Crippen LogP) is 5.67. The highest BCUT2D eigenvalue weighted by molar-refractivity contribution is 7.90. The number of alkyl halides is 3. The lowest BCUT2D eigenvalue weighted by atomic mass is 9.89. The van der Waals surface area contributed by atoms with Gasteiger partial charge in [0.25, 0.3) is 15.9 Å². The number of carbonyl (C=O) groups excluding carboxylic acids is 3. The smallest absolute Gasteiger partial charge is 0.321 e. The van der Waals surface area contributed by atoms with Crippen molar-refractivity contribution in [1.29, 1.82) is 0 Å². The summed E-state index contributed by atoms with van der Waals surface area (Å²) >= 11 is 0. The van der Waals surface area contributed by atoms with Crippen molar-refractivity contribution < 1.29 is 36.0 Å². The Morgan fingerprint density at radius 1 is 0.872 bits per heavy atom. The van der Waals surface area contributed by atoms with Crippen molar-refractivity contribution in [3.05, 3.63) is 95.1 Å². The number of rotatable bonds is 10. The van der Waals surface area contributed by atoms with Gasteiger partial charge in [-0.25, -0.2) is 13.1 Å². The molecule has 1 unspecified atom stereocenters. The maximum atomic E-state index is 13.3. The molecule has 0 spiro atoms. The van der Waals surface area contributed by atoms with Crippen LogP contribution in [-0.4, -0.2) is 26.0 Å². The summed E-state index contributed by atoms with van der Waals surface area (Å²) in [4.78, 5) is 36.2. The van der Waals surface area contributed by atoms with E-state index in [1.54, 1.807) is 25.1 Å². The number of benzene rings is 3. The van der Waals surface area contributed by atoms with Crippen LogP contribution in [0.15, 0.2) is 77.7 Å². The van der Waals surface area contributed by atoms with E-state index in [0.717, 1.165) is 12.1 Å². The summed E-state index contributed by atoms with van der Waals surface area (Å²) in [6.07, 6.45) is -4.29. The van der Waals surface area contributed by atoms with Gasteiger partial charge >= 0.3 is 6.18 Å². The summed E-state index contributed by atoms with van der Waals surface area (Å²) in [6.45, 7) is 3.12. The number of hydrogen-bond acceptors (Lipinski definition) is 5. The molecule has 0 saturated carbocycles. The number of sulfonamides is 1. The summed E-state index contributed by atoms with van der Waals surface area (Å²) in [6, 6.07) is 16.7. The predicted molar refractivity (Wildman–Crippen MR) is 140 cm³/mol. The fourth-order valence-electron chi connectivity index (χ4n) is 3.97. The van der Waals surface area contributed by atoms with E-state index in [-0.39, 0.29) is 41.2 Å². The summed E-state index contributed by atoms with van der Waals surface area (Å²) < 4.78 is 66.6. The Kier molecular flexibility index (Phi) is 9.28. The third-order valence-electron chi connectivity index (χ3n) is 6.02. The van der Waals surface area contributed by atoms with E-state index in [1.807, 2.05) is 4.72 Å². The van der Waals surface area contributed by atoms with Crippen LogP contribution in [0.25, 0.3) is 0 Å². The molecule has 1 atom stereocenters. The molecule has 3 aromatic rings. The Bertz CT molecular complexity index is 1470. The number of nitrogens with one attached hydrogen (secondary N) is 2. The average molecular weight is 561 g/mol. The Morgan fingerprint density at radius 3 is 2.13 bits per heavy atom. The molecular weight excluding hydrogens is 533 g/mol. The van der Waals surface area contributed by atoms with Crippen LogP contribution in [-0.2, 0) is 25.8 Å². The zero-order valence-corrected chi connectivity index (χ0v) is 22.0. The molecule has 2 N–H and O–H groups in total. The van der Waals surface area contributed by atoms with Crippen molar-refractivity contribution in [2.24, 2.45) is 0 Å². The maximum Gasteiger partial charge on any atom is 0.416 e. The third-order valence-corrected chi connectivity index (χ3v) is 7.45. The van der Waals surface area contributed by atoms with E-state index in [2.05, 4.69) is 5.32 Å². The van der Waals surface area contributed by atoms with Crippen molar-refractivity contribution >= 4 is 33.3 Å². The summed E-state index contributed by atoms with van der Waals surface area (Å²) in [5, 5.41) is 2.58. The topological polar surface area (TPSA) is 109 Å². The SMILES string of the molecule is CC(=O)CCCC(=O)NS(=O)(=O)c1ccccc1NC(=O)c1ccccc1C(C)c1ccc(C(F)(F)F)cc1. The van der Waals surface area contributed by atoms with Crippen molar-refractivity contribution in [2.45, 2.75) is 50.1 Å². The second kappa shape index (κ2) is 12.2. The monoisotopic (exact) mass is 560 g/mol. The van der Waals surface area contributed by atoms with E-state index >= 15 is 0 Å². The van der Waals surface area contributed by atoms with Crippen LogP contribution in [0.1, 0.15) is 66.1 Å². The minimum absolute atomic E-state index is 0.0662. The minimum atomic E-state index is -4.47. The van der Waals surface area contributed by atoms with Crippen LogP contribution in [0, 0.1) is 0 Å². The Labute approximate surface area is 224 Å². The van der Waals surface area contributed by atoms with Gasteiger partial charge in [-0.3, -0.25) is 9.59 Å². The number of Topliss-reactive ketones (excluding diaryl/α,β-unsaturated/α-hetero) is 1. The molecule has 3 rings (SSSR count). The van der Waals surface area contributed by atoms with Crippen LogP contribution < -0.4 is 10.0 Å². The normalized spacial score (nSPS) is 12.4. The quantitative estimate of drug-likeness (QED) is 0.332. The van der Waals surface area contributed by atoms with Gasteiger partial charge in [0.05, 0.1) is 11.3 Å². The van der Waals surface area contributed by atoms with Crippen molar-refractivity contribution in [3.63, 3.8) is 0 Å². The van der Waals surface area contributed by atoms with E-state index in [1.165, 1.54) is 49.4 Å². The number of carbonyl (C=O) groups is 3. The fourth-order valence-corrected chi connectivity index (χ4v) is 5.15. The largest absolute Gasteiger partial charge is 0.416 e. The molecule has 206 valence electrons. The zero-order chi connectivity index (χ0) is 28.8. The van der Waals surface area contributed by atoms with E-state index in [4.69, 9.17) is 0 Å². The standard InChI is InChI=1S/C28H27F3N2O5S/c1-18(34)8-7-13-26(35)33-39(37,38)25-12-6-5-11-24(25)32-27(36)23-10-4-3-9-22(23)19(2)20-14-16-21(17-15-20)28(29,30)31/h3-6,9-12,14-17,19H,7-8,13H2,1-2H3,(H,32,36)(H,33,35). The van der Waals surface area contributed by atoms with Crippen LogP contribution in [0.4, 0.5) is 18.9 Å². The second-order valence-corrected chi connectivity index (χ2v) is 10.6. The molecule has 7 nitrogen and oxygen atoms in total. The lowest BCUT2D eigenvalue weighted by Crippen LogP contribution is -2.31. The minimum Gasteiger partial charge on any atom is -0.321 e. The van der Waals surface area contributed by atoms with Gasteiger partial charge in [-0.05, 0) is 54.8 Å². The summed E-state index contributed by atoms with van der Waals surface area (Å²) in [5.74, 6) is -2.00. The molecule has 0 aliphatic heterocycles. The van der Waals surface area contributed by atoms with Crippen molar-refractivity contribution in [3.8, 4) is 0 Å². The van der Waals surface area contributed by atoms with E-state index < -0.39 is 39.5 Å². The summed E-state index contributed by atoms with van der Waals surface area (Å²) in [5.41, 5.74) is 0.426. The first-order chi connectivity index (χ1) is 18.3. The number of halogens is 3. The van der Waals surface area contributed by atoms with Gasteiger partial charge in [0.1, 0.15) is 10.7 Å². The highest BCUT2D eigenvalue weighted by Crippen LogP contribution is 2.33. The lowest BCUT2D eigenvalue weighted by molar-refractivity contribution is -0.137. The maximum absolute atomic E-state index is 13.3. The van der Waals surface area contributed by atoms with Gasteiger partial charge in [-0.1, -0.05) is 49.4 Å². The zero-order valence-electron chi connectivity index (χ0n) is 21.2. The first-order valence-electron chi connectivity index (χ1n) is 12.0. The molecule has 0 aromatic heterocycles. The molecule has 0 aliphatic carbocycles. The Balaban J connectivity index is 1.83. The van der Waals surface area contributed by atoms with Gasteiger partial charge in [0.2, 0.25) is 5.91 Å². The van der Waals surface area contributed by atoms with Crippen LogP contribution in [0.5, 0.6) is 0 Å². The molecule has 0 fully saturated rings. The second-order valence-electron chi connectivity index (χ2n) is 8.96. The van der Waals surface area contributed by atoms with Crippen LogP contribution >= 0.6 is 0 Å². The number of anilines is 1. The Hall–Kier alpha value is -3.99. The first kappa shape index (κ1) is 29.6. The highest BCUT2D eigenvalue weighted by Gasteiger charge is 2.30. The average Bonchev–Trinajstić information content (AvgIpc) is 2.87. The first-order valence-corrected chi connectivity index (χ1v) is 13.5. The van der Waals surface area contributed by atoms with Crippen molar-refractivity contribution in [2.75, 3.05) is 5.32 Å². The van der Waals surface area contributed by atoms with E-state index in [0.29, 0.717) is 11.1 Å². The molecular formula is C28H27F3N2O5S. The molecule has 11 heteroatoms. The molecule has 39 heavy (non-hydrogen) atoms. The molecule has 0 saturated heterocycles. The molecule has 0 bridgehead atoms.